The Morgan fingerprint density at radius 3 is 2.51 bits per heavy atom. The smallest absolute Gasteiger partial charge is 0.189 e. The molecule has 1 aromatic carbocycles. The lowest BCUT2D eigenvalue weighted by molar-refractivity contribution is 0.0440. The van der Waals surface area contributed by atoms with Crippen LogP contribution >= 0.6 is 21.6 Å². The number of nitrogens with one attached hydrogen (secondary N) is 3. The van der Waals surface area contributed by atoms with Crippen LogP contribution in [0, 0.1) is 57.7 Å². The summed E-state index contributed by atoms with van der Waals surface area (Å²) in [5, 5.41) is 51.0. The zero-order valence-electron chi connectivity index (χ0n) is 49.1. The number of hydrogen-bond donors (Lipinski definition) is 9. The number of aromatic amines is 1. The van der Waals surface area contributed by atoms with Gasteiger partial charge in [0, 0.05) is 78.3 Å². The molecule has 81 heavy (non-hydrogen) atoms. The minimum atomic E-state index is -0.912. The van der Waals surface area contributed by atoms with Gasteiger partial charge in [-0.2, -0.15) is 0 Å². The Morgan fingerprint density at radius 1 is 0.889 bits per heavy atom. The number of furan rings is 1. The molecule has 10 aliphatic rings. The fourth-order valence-corrected chi connectivity index (χ4v) is 22.3. The Labute approximate surface area is 492 Å². The van der Waals surface area contributed by atoms with Crippen molar-refractivity contribution in [3.63, 3.8) is 0 Å². The van der Waals surface area contributed by atoms with E-state index >= 15 is 0 Å². The Hall–Kier alpha value is -3.11. The van der Waals surface area contributed by atoms with Crippen molar-refractivity contribution in [1.29, 1.82) is 0 Å². The maximum absolute atomic E-state index is 11.8. The lowest BCUT2D eigenvalue weighted by atomic mass is 9.52. The lowest BCUT2D eigenvalue weighted by Crippen LogP contribution is -2.47. The Balaban J connectivity index is 0.655. The second-order valence-corrected chi connectivity index (χ2v) is 30.7. The summed E-state index contributed by atoms with van der Waals surface area (Å²) >= 11 is 0. The van der Waals surface area contributed by atoms with Crippen LogP contribution in [0.2, 0.25) is 0 Å². The fraction of sp³-hybridized carbons (Fsp3) is 0.746. The molecule has 0 radical (unpaired) electrons. The second-order valence-electron chi connectivity index (χ2n) is 28.2. The number of aromatic hydroxyl groups is 1. The quantitative estimate of drug-likeness (QED) is 0.0268. The van der Waals surface area contributed by atoms with Crippen molar-refractivity contribution in [2.75, 3.05) is 31.2 Å². The molecular formula is C67H100N6O6S2. The number of allylic oxidation sites excluding steroid dienone is 2. The van der Waals surface area contributed by atoms with E-state index in [4.69, 9.17) is 25.6 Å². The van der Waals surface area contributed by atoms with Crippen LogP contribution in [0.3, 0.4) is 0 Å². The van der Waals surface area contributed by atoms with Gasteiger partial charge in [-0.25, -0.2) is 4.99 Å². The number of aliphatic imine (C=N–C) groups is 1. The van der Waals surface area contributed by atoms with Gasteiger partial charge in [-0.15, -0.1) is 0 Å². The third kappa shape index (κ3) is 12.1. The number of rotatable bonds is 17. The molecule has 14 heteroatoms. The van der Waals surface area contributed by atoms with Crippen molar-refractivity contribution in [1.82, 2.24) is 15.6 Å². The van der Waals surface area contributed by atoms with E-state index in [0.717, 1.165) is 65.7 Å². The summed E-state index contributed by atoms with van der Waals surface area (Å²) in [6.07, 6.45) is 33.7. The largest absolute Gasteiger partial charge is 0.504 e. The van der Waals surface area contributed by atoms with E-state index in [0.29, 0.717) is 89.9 Å². The van der Waals surface area contributed by atoms with Gasteiger partial charge in [0.05, 0.1) is 18.8 Å². The number of phenols is 1. The molecular weight excluding hydrogens is 1050 g/mol. The monoisotopic (exact) mass is 1150 g/mol. The Kier molecular flexibility index (Phi) is 18.0. The molecule has 446 valence electrons. The number of benzene rings is 1. The first-order valence-electron chi connectivity index (χ1n) is 32.6. The number of aromatic nitrogens is 1. The van der Waals surface area contributed by atoms with Crippen LogP contribution in [0.4, 0.5) is 0 Å². The van der Waals surface area contributed by atoms with Crippen LogP contribution in [0.5, 0.6) is 11.5 Å². The zero-order valence-corrected chi connectivity index (χ0v) is 50.7. The minimum absolute atomic E-state index is 0.000678. The number of aliphatic hydroxyl groups is 3. The second kappa shape index (κ2) is 25.1. The normalized spacial score (nSPS) is 35.0. The van der Waals surface area contributed by atoms with Crippen LogP contribution in [0.15, 0.2) is 51.9 Å². The highest BCUT2D eigenvalue weighted by atomic mass is 33.1. The van der Waals surface area contributed by atoms with E-state index in [1.54, 1.807) is 6.07 Å². The molecule has 7 fully saturated rings. The van der Waals surface area contributed by atoms with Crippen molar-refractivity contribution < 1.29 is 29.6 Å². The first-order chi connectivity index (χ1) is 39.3. The molecule has 3 spiro atoms. The molecule has 3 heterocycles. The molecule has 2 aromatic heterocycles. The number of guanidine groups is 1. The Bertz CT molecular complexity index is 2660. The average Bonchev–Trinajstić information content (AvgIpc) is 2.64. The summed E-state index contributed by atoms with van der Waals surface area (Å²) in [6.45, 7) is 5.57. The molecule has 6 saturated carbocycles. The van der Waals surface area contributed by atoms with Gasteiger partial charge in [-0.1, -0.05) is 91.7 Å². The van der Waals surface area contributed by atoms with Gasteiger partial charge >= 0.3 is 0 Å². The number of nitrogens with two attached hydrogens (primary N) is 2. The highest BCUT2D eigenvalue weighted by molar-refractivity contribution is 8.76. The number of hydrogen-bond acceptors (Lipinski definition) is 11. The van der Waals surface area contributed by atoms with Crippen LogP contribution in [0.25, 0.3) is 0 Å². The number of ether oxygens (including phenoxy) is 1. The highest BCUT2D eigenvalue weighted by Crippen LogP contribution is 2.72. The minimum Gasteiger partial charge on any atom is -0.504 e. The molecule has 0 unspecified atom stereocenters. The highest BCUT2D eigenvalue weighted by Gasteiger charge is 2.64. The van der Waals surface area contributed by atoms with Crippen molar-refractivity contribution in [3.8, 4) is 11.5 Å². The summed E-state index contributed by atoms with van der Waals surface area (Å²) in [7, 11) is 4.03. The van der Waals surface area contributed by atoms with Gasteiger partial charge in [-0.05, 0) is 203 Å². The first kappa shape index (κ1) is 58.3. The molecule has 3 aromatic rings. The molecule has 6 bridgehead atoms. The molecule has 0 amide bonds. The molecule has 13 rings (SSSR count). The van der Waals surface area contributed by atoms with Gasteiger partial charge in [-0.3, -0.25) is 0 Å². The van der Waals surface area contributed by atoms with Crippen LogP contribution < -0.4 is 26.8 Å². The van der Waals surface area contributed by atoms with E-state index in [1.807, 2.05) is 46.7 Å². The predicted octanol–water partition coefficient (Wildman–Crippen LogP) is 12.3. The fourth-order valence-electron chi connectivity index (χ4n) is 19.4. The van der Waals surface area contributed by atoms with Crippen molar-refractivity contribution >= 4 is 27.5 Å². The number of H-pyrrole nitrogens is 1. The topological polar surface area (TPSA) is 208 Å². The standard InChI is InChI=1S/C67H100N6O6S2/c1-41-11-17-49-45-29-43(13-18-50(49)52(55(68)32-45)39-80-81-40-57(41)73-64(69)71-47-9-7-24-65(34-47)22-3-4-23-65)15-20-60-46(37-74)31-48(79-60)16-12-44-14-19-58(76)61(30-44)78-38-59(77)56-33-51-54(36-70-35-42(2)75)67-27-8-10-62(67)66(25-5-6-26-66)53(21-28-67)63(51)72-56/h14,19,21,28,30-31,33,41-43,45,47,49-50,52-55,57,59,62,70,72,74-77H,3-13,15-18,20,22-27,29,32,34-40,68H2,1-2H3,(H3,69,71,73)/t41-,42-,43-,45+,47+,49-,50+,52+,53+,54-,55+,57+,59-,62+,67-/m0/s1. The van der Waals surface area contributed by atoms with E-state index in [1.165, 1.54) is 140 Å². The van der Waals surface area contributed by atoms with Gasteiger partial charge in [0.25, 0.3) is 0 Å². The van der Waals surface area contributed by atoms with E-state index in [9.17, 15) is 20.4 Å². The predicted molar refractivity (Wildman–Crippen MR) is 328 cm³/mol. The van der Waals surface area contributed by atoms with Gasteiger partial charge in [0.15, 0.2) is 17.5 Å². The SMILES string of the molecule is C[C@H](O)CNC[C@H]1c2cc([C@@H](O)COc3cc(CCc4cc(CO)c(CC[C@@H]5CC[C@H]6[C@H]7CSSC[C@@H](N=C(N)N[C@@H]8CCCC9(CCCC9)C8)[C@@H](C)CC[C@H]6[C@H](C5)C[C@H]7N)o4)ccc3O)[nH]c2[C@H]2C=C[C@@]13CCC[C@@H]3C21CCCC1. The summed E-state index contributed by atoms with van der Waals surface area (Å²) in [6, 6.07) is 10.7. The van der Waals surface area contributed by atoms with Crippen LogP contribution in [0.1, 0.15) is 213 Å². The average molecular weight is 1150 g/mol. The summed E-state index contributed by atoms with van der Waals surface area (Å²) in [4.78, 5) is 9.06. The van der Waals surface area contributed by atoms with Crippen molar-refractivity contribution in [3.05, 3.63) is 82.1 Å². The zero-order chi connectivity index (χ0) is 55.9. The first-order valence-corrected chi connectivity index (χ1v) is 35.1. The van der Waals surface area contributed by atoms with E-state index in [2.05, 4.69) is 40.8 Å². The molecule has 12 nitrogen and oxygen atoms in total. The number of aryl methyl sites for hydroxylation is 3. The van der Waals surface area contributed by atoms with E-state index < -0.39 is 12.2 Å². The maximum Gasteiger partial charge on any atom is 0.189 e. The molecule has 1 saturated heterocycles. The van der Waals surface area contributed by atoms with Gasteiger partial charge in [0.1, 0.15) is 24.2 Å². The number of nitrogens with zero attached hydrogens (tertiary/aromatic N) is 1. The Morgan fingerprint density at radius 2 is 1.68 bits per heavy atom. The van der Waals surface area contributed by atoms with Crippen molar-refractivity contribution in [2.24, 2.45) is 74.1 Å². The molecule has 11 N–H and O–H groups in total. The lowest BCUT2D eigenvalue weighted by Gasteiger charge is -2.52. The van der Waals surface area contributed by atoms with E-state index in [-0.39, 0.29) is 47.8 Å². The van der Waals surface area contributed by atoms with Gasteiger partial charge in [0.2, 0.25) is 0 Å². The third-order valence-corrected chi connectivity index (χ3v) is 25.9. The summed E-state index contributed by atoms with van der Waals surface area (Å²) in [5.41, 5.74) is 20.0. The summed E-state index contributed by atoms with van der Waals surface area (Å²) < 4.78 is 12.9. The third-order valence-electron chi connectivity index (χ3n) is 23.4. The van der Waals surface area contributed by atoms with Crippen LogP contribution in [-0.4, -0.2) is 86.8 Å². The maximum atomic E-state index is 11.8. The number of aliphatic hydroxyl groups excluding tert-OH is 3. The molecule has 1 aliphatic heterocycles. The van der Waals surface area contributed by atoms with Crippen molar-refractivity contribution in [2.45, 2.75) is 223 Å². The van der Waals surface area contributed by atoms with Gasteiger partial charge < -0.3 is 56.7 Å². The molecule has 15 atom stereocenters. The molecule has 9 aliphatic carbocycles. The number of phenolic OH excluding ortho intramolecular Hbond substituents is 1. The van der Waals surface area contributed by atoms with Crippen LogP contribution in [-0.2, 0) is 25.9 Å². The summed E-state index contributed by atoms with van der Waals surface area (Å²) in [5.74, 6) is 9.77.